The van der Waals surface area contributed by atoms with Gasteiger partial charge in [-0.05, 0) is 32.9 Å². The fourth-order valence-electron chi connectivity index (χ4n) is 2.57. The maximum Gasteiger partial charge on any atom is 0.343 e. The van der Waals surface area contributed by atoms with Gasteiger partial charge in [0.25, 0.3) is 11.8 Å². The Morgan fingerprint density at radius 3 is 2.00 bits per heavy atom. The molecule has 9 heteroatoms. The Morgan fingerprint density at radius 2 is 1.54 bits per heavy atom. The van der Waals surface area contributed by atoms with E-state index >= 15 is 0 Å². The summed E-state index contributed by atoms with van der Waals surface area (Å²) in [6.45, 7) is 3.84. The van der Waals surface area contributed by atoms with Crippen LogP contribution in [0.3, 0.4) is 0 Å². The van der Waals surface area contributed by atoms with Gasteiger partial charge < -0.3 is 9.47 Å². The van der Waals surface area contributed by atoms with E-state index in [0.717, 1.165) is 18.1 Å². The predicted octanol–water partition coefficient (Wildman–Crippen LogP) is 1.10. The third kappa shape index (κ3) is 4.25. The molecule has 148 valence electrons. The van der Waals surface area contributed by atoms with E-state index in [2.05, 4.69) is 0 Å². The second-order valence-corrected chi connectivity index (χ2v) is 5.69. The molecule has 0 spiro atoms. The van der Waals surface area contributed by atoms with Crippen LogP contribution in [0.25, 0.3) is 0 Å². The van der Waals surface area contributed by atoms with Crippen molar-refractivity contribution in [1.29, 1.82) is 0 Å². The van der Waals surface area contributed by atoms with Crippen molar-refractivity contribution in [2.24, 2.45) is 0 Å². The molecule has 0 saturated heterocycles. The number of Topliss-reactive ketones (excluding diaryl/α,β-unsaturated/α-hetero) is 1. The van der Waals surface area contributed by atoms with Crippen LogP contribution in [-0.2, 0) is 23.9 Å². The first-order valence-corrected chi connectivity index (χ1v) is 8.61. The molecule has 1 heterocycles. The molecule has 0 aliphatic carbocycles. The van der Waals surface area contributed by atoms with Crippen LogP contribution in [0, 0.1) is 0 Å². The van der Waals surface area contributed by atoms with Gasteiger partial charge in [0.05, 0.1) is 24.3 Å². The number of rotatable bonds is 8. The second kappa shape index (κ2) is 8.94. The van der Waals surface area contributed by atoms with Gasteiger partial charge in [0, 0.05) is 6.20 Å². The van der Waals surface area contributed by atoms with Crippen LogP contribution in [0.4, 0.5) is 0 Å². The topological polar surface area (TPSA) is 110 Å². The van der Waals surface area contributed by atoms with Gasteiger partial charge in [0.1, 0.15) is 12.1 Å². The molecule has 0 atom stereocenters. The van der Waals surface area contributed by atoms with E-state index < -0.39 is 41.7 Å². The van der Waals surface area contributed by atoms with E-state index in [1.807, 2.05) is 0 Å². The third-order valence-electron chi connectivity index (χ3n) is 3.78. The molecule has 0 unspecified atom stereocenters. The summed E-state index contributed by atoms with van der Waals surface area (Å²) in [5.74, 6) is -3.70. The van der Waals surface area contributed by atoms with Gasteiger partial charge in [-0.2, -0.15) is 5.01 Å². The van der Waals surface area contributed by atoms with Gasteiger partial charge >= 0.3 is 11.9 Å². The first-order chi connectivity index (χ1) is 13.3. The van der Waals surface area contributed by atoms with Crippen molar-refractivity contribution in [3.63, 3.8) is 0 Å². The number of carbonyl (C=O) groups excluding carboxylic acids is 5. The number of ether oxygens (including phenoxy) is 2. The molecule has 1 aliphatic heterocycles. The molecule has 28 heavy (non-hydrogen) atoms. The average molecular weight is 388 g/mol. The number of esters is 2. The monoisotopic (exact) mass is 388 g/mol. The minimum atomic E-state index is -0.930. The average Bonchev–Trinajstić information content (AvgIpc) is 2.90. The molecule has 0 bridgehead atoms. The largest absolute Gasteiger partial charge is 0.465 e. The highest BCUT2D eigenvalue weighted by Crippen LogP contribution is 2.25. The molecule has 1 aromatic carbocycles. The van der Waals surface area contributed by atoms with Crippen LogP contribution in [0.5, 0.6) is 0 Å². The Balaban J connectivity index is 2.48. The van der Waals surface area contributed by atoms with Crippen LogP contribution in [0.15, 0.2) is 36.0 Å². The molecule has 2 rings (SSSR count). The van der Waals surface area contributed by atoms with Crippen LogP contribution >= 0.6 is 0 Å². The highest BCUT2D eigenvalue weighted by atomic mass is 16.5. The number of benzene rings is 1. The number of hydrogen-bond donors (Lipinski definition) is 0. The molecule has 0 radical (unpaired) electrons. The number of hydrogen-bond acceptors (Lipinski definition) is 8. The van der Waals surface area contributed by atoms with Crippen LogP contribution in [0.2, 0.25) is 0 Å². The van der Waals surface area contributed by atoms with Crippen molar-refractivity contribution in [3.05, 3.63) is 47.2 Å². The zero-order valence-corrected chi connectivity index (χ0v) is 15.8. The number of amides is 2. The minimum absolute atomic E-state index is 0.0222. The lowest BCUT2D eigenvalue weighted by atomic mass is 10.1. The summed E-state index contributed by atoms with van der Waals surface area (Å²) in [6, 6.07) is 6.13. The normalized spacial score (nSPS) is 13.2. The number of hydrazine groups is 1. The molecule has 9 nitrogen and oxygen atoms in total. The maximum atomic E-state index is 12.7. The summed E-state index contributed by atoms with van der Waals surface area (Å²) in [7, 11) is 0. The number of imide groups is 1. The van der Waals surface area contributed by atoms with Crippen LogP contribution in [0.1, 0.15) is 41.5 Å². The summed E-state index contributed by atoms with van der Waals surface area (Å²) in [5.41, 5.74) is -0.117. The first kappa shape index (κ1) is 20.8. The standard InChI is InChI=1S/C19H20N2O7/c1-4-27-16(23)11-20(10-15(12(3)22)19(26)28-5-2)21-17(24)13-8-6-7-9-14(13)18(21)25/h6-10H,4-5,11H2,1-3H3/b15-10+. The zero-order valence-electron chi connectivity index (χ0n) is 15.8. The zero-order chi connectivity index (χ0) is 20.8. The van der Waals surface area contributed by atoms with Crippen LogP contribution in [-0.4, -0.2) is 59.3 Å². The van der Waals surface area contributed by atoms with E-state index in [1.54, 1.807) is 26.0 Å². The van der Waals surface area contributed by atoms with Gasteiger partial charge in [0.2, 0.25) is 0 Å². The minimum Gasteiger partial charge on any atom is -0.465 e. The van der Waals surface area contributed by atoms with E-state index in [-0.39, 0.29) is 24.3 Å². The van der Waals surface area contributed by atoms with Crippen molar-refractivity contribution in [2.45, 2.75) is 20.8 Å². The number of ketones is 1. The van der Waals surface area contributed by atoms with Gasteiger partial charge in [-0.15, -0.1) is 0 Å². The fraction of sp³-hybridized carbons (Fsp3) is 0.316. The number of carbonyl (C=O) groups is 5. The summed E-state index contributed by atoms with van der Waals surface area (Å²) in [6.07, 6.45) is 0.957. The summed E-state index contributed by atoms with van der Waals surface area (Å²) < 4.78 is 9.71. The number of nitrogens with zero attached hydrogens (tertiary/aromatic N) is 2. The molecular formula is C19H20N2O7. The van der Waals surface area contributed by atoms with Gasteiger partial charge in [-0.25, -0.2) is 4.79 Å². The summed E-state index contributed by atoms with van der Waals surface area (Å²) in [4.78, 5) is 61.4. The Morgan fingerprint density at radius 1 is 1.00 bits per heavy atom. The Bertz CT molecular complexity index is 825. The van der Waals surface area contributed by atoms with E-state index in [1.165, 1.54) is 12.1 Å². The Kier molecular flexibility index (Phi) is 6.64. The lowest BCUT2D eigenvalue weighted by Crippen LogP contribution is -2.46. The van der Waals surface area contributed by atoms with Crippen molar-refractivity contribution < 1.29 is 33.4 Å². The van der Waals surface area contributed by atoms with Crippen molar-refractivity contribution in [3.8, 4) is 0 Å². The highest BCUT2D eigenvalue weighted by molar-refractivity contribution is 6.21. The third-order valence-corrected chi connectivity index (χ3v) is 3.78. The van der Waals surface area contributed by atoms with E-state index in [0.29, 0.717) is 5.01 Å². The lowest BCUT2D eigenvalue weighted by molar-refractivity contribution is -0.146. The molecule has 0 fully saturated rings. The summed E-state index contributed by atoms with van der Waals surface area (Å²) >= 11 is 0. The van der Waals surface area contributed by atoms with Crippen LogP contribution < -0.4 is 0 Å². The Labute approximate surface area is 161 Å². The first-order valence-electron chi connectivity index (χ1n) is 8.61. The fourth-order valence-corrected chi connectivity index (χ4v) is 2.57. The SMILES string of the molecule is CCOC(=O)CN(/C=C(\C(C)=O)C(=O)OCC)N1C(=O)c2ccccc2C1=O. The molecule has 0 aromatic heterocycles. The lowest BCUT2D eigenvalue weighted by Gasteiger charge is -2.28. The van der Waals surface area contributed by atoms with E-state index in [4.69, 9.17) is 9.47 Å². The van der Waals surface area contributed by atoms with Gasteiger partial charge in [-0.3, -0.25) is 24.2 Å². The quantitative estimate of drug-likeness (QED) is 0.214. The van der Waals surface area contributed by atoms with Crippen molar-refractivity contribution >= 4 is 29.5 Å². The van der Waals surface area contributed by atoms with E-state index in [9.17, 15) is 24.0 Å². The number of fused-ring (bicyclic) bond motifs is 1. The molecule has 1 aromatic rings. The molecule has 0 N–H and O–H groups in total. The molecule has 1 aliphatic rings. The maximum absolute atomic E-state index is 12.7. The molecule has 0 saturated carbocycles. The predicted molar refractivity (Wildman–Crippen MR) is 95.7 cm³/mol. The van der Waals surface area contributed by atoms with Crippen molar-refractivity contribution in [1.82, 2.24) is 10.0 Å². The smallest absolute Gasteiger partial charge is 0.343 e. The van der Waals surface area contributed by atoms with Gasteiger partial charge in [0.15, 0.2) is 5.78 Å². The Hall–Kier alpha value is -3.49. The molecule has 2 amide bonds. The van der Waals surface area contributed by atoms with Gasteiger partial charge in [-0.1, -0.05) is 12.1 Å². The highest BCUT2D eigenvalue weighted by Gasteiger charge is 2.39. The van der Waals surface area contributed by atoms with Crippen molar-refractivity contribution in [2.75, 3.05) is 19.8 Å². The summed E-state index contributed by atoms with van der Waals surface area (Å²) in [5, 5.41) is 1.60. The molecular weight excluding hydrogens is 368 g/mol. The second-order valence-electron chi connectivity index (χ2n) is 5.69.